The summed E-state index contributed by atoms with van der Waals surface area (Å²) in [6.45, 7) is 2.65. The van der Waals surface area contributed by atoms with E-state index in [0.29, 0.717) is 10.0 Å². The Morgan fingerprint density at radius 3 is 2.86 bits per heavy atom. The summed E-state index contributed by atoms with van der Waals surface area (Å²) >= 11 is 12.6. The third-order valence-electron chi connectivity index (χ3n) is 3.81. The molecule has 0 saturated heterocycles. The SMILES string of the molecule is Cl.Clc1ccc2c(-c3cn[nH]c3)c3n(c2c1Cl)CCNC3. The molecule has 0 saturated carbocycles. The lowest BCUT2D eigenvalue weighted by Crippen LogP contribution is -2.27. The Labute approximate surface area is 137 Å². The Kier molecular flexibility index (Phi) is 3.88. The Morgan fingerprint density at radius 1 is 1.24 bits per heavy atom. The highest BCUT2D eigenvalue weighted by atomic mass is 35.5. The zero-order valence-electron chi connectivity index (χ0n) is 11.0. The van der Waals surface area contributed by atoms with Gasteiger partial charge in [-0.1, -0.05) is 29.3 Å². The number of H-pyrrole nitrogens is 1. The van der Waals surface area contributed by atoms with Crippen LogP contribution in [-0.2, 0) is 13.1 Å². The minimum Gasteiger partial charge on any atom is -0.340 e. The third kappa shape index (κ3) is 2.14. The van der Waals surface area contributed by atoms with E-state index >= 15 is 0 Å². The maximum absolute atomic E-state index is 6.44. The molecule has 0 aliphatic carbocycles. The van der Waals surface area contributed by atoms with Crippen molar-refractivity contribution in [1.29, 1.82) is 0 Å². The molecule has 2 N–H and O–H groups in total. The lowest BCUT2D eigenvalue weighted by Gasteiger charge is -2.18. The van der Waals surface area contributed by atoms with Crippen LogP contribution in [-0.4, -0.2) is 21.3 Å². The highest BCUT2D eigenvalue weighted by Gasteiger charge is 2.23. The summed E-state index contributed by atoms with van der Waals surface area (Å²) in [7, 11) is 0. The fraction of sp³-hybridized carbons (Fsp3) is 0.214. The van der Waals surface area contributed by atoms with E-state index in [1.54, 1.807) is 0 Å². The lowest BCUT2D eigenvalue weighted by atomic mass is 10.0. The van der Waals surface area contributed by atoms with E-state index in [4.69, 9.17) is 23.2 Å². The van der Waals surface area contributed by atoms with Crippen LogP contribution in [0.2, 0.25) is 10.0 Å². The number of aromatic nitrogens is 3. The Hall–Kier alpha value is -1.20. The molecular formula is C14H13Cl3N4. The Bertz CT molecular complexity index is 793. The monoisotopic (exact) mass is 342 g/mol. The van der Waals surface area contributed by atoms with Crippen LogP contribution in [0.3, 0.4) is 0 Å². The van der Waals surface area contributed by atoms with Crippen molar-refractivity contribution >= 4 is 46.5 Å². The van der Waals surface area contributed by atoms with E-state index in [1.807, 2.05) is 24.5 Å². The first kappa shape index (κ1) is 14.7. The molecule has 110 valence electrons. The summed E-state index contributed by atoms with van der Waals surface area (Å²) in [5.41, 5.74) is 4.51. The minimum absolute atomic E-state index is 0. The van der Waals surface area contributed by atoms with E-state index in [-0.39, 0.29) is 12.4 Å². The maximum atomic E-state index is 6.44. The van der Waals surface area contributed by atoms with Gasteiger partial charge in [-0.05, 0) is 6.07 Å². The van der Waals surface area contributed by atoms with Gasteiger partial charge in [-0.2, -0.15) is 5.10 Å². The summed E-state index contributed by atoms with van der Waals surface area (Å²) in [5.74, 6) is 0. The molecule has 4 rings (SSSR count). The smallest absolute Gasteiger partial charge is 0.0835 e. The summed E-state index contributed by atoms with van der Waals surface area (Å²) in [5, 5.41) is 12.7. The molecule has 0 unspecified atom stereocenters. The van der Waals surface area contributed by atoms with E-state index in [1.165, 1.54) is 11.3 Å². The third-order valence-corrected chi connectivity index (χ3v) is 4.61. The van der Waals surface area contributed by atoms with Gasteiger partial charge in [-0.25, -0.2) is 0 Å². The molecule has 0 fully saturated rings. The second kappa shape index (κ2) is 5.54. The predicted molar refractivity (Wildman–Crippen MR) is 88.5 cm³/mol. The van der Waals surface area contributed by atoms with Gasteiger partial charge in [0, 0.05) is 48.0 Å². The number of nitrogens with one attached hydrogen (secondary N) is 2. The van der Waals surface area contributed by atoms with Crippen LogP contribution in [0.15, 0.2) is 24.5 Å². The molecule has 0 bridgehead atoms. The number of halogens is 3. The number of hydrogen-bond donors (Lipinski definition) is 2. The van der Waals surface area contributed by atoms with E-state index in [9.17, 15) is 0 Å². The predicted octanol–water partition coefficient (Wildman–Crippen LogP) is 3.86. The summed E-state index contributed by atoms with van der Waals surface area (Å²) in [4.78, 5) is 0. The standard InChI is InChI=1S/C14H12Cl2N4.ClH/c15-10-2-1-9-12(8-5-18-19-6-8)11-7-17-3-4-20(11)14(9)13(10)16;/h1-2,5-6,17H,3-4,7H2,(H,18,19);1H. The van der Waals surface area contributed by atoms with Crippen molar-refractivity contribution in [2.75, 3.05) is 6.54 Å². The molecule has 21 heavy (non-hydrogen) atoms. The molecule has 1 aliphatic heterocycles. The molecule has 2 aromatic heterocycles. The van der Waals surface area contributed by atoms with Gasteiger partial charge in [0.2, 0.25) is 0 Å². The Morgan fingerprint density at radius 2 is 2.10 bits per heavy atom. The largest absolute Gasteiger partial charge is 0.340 e. The van der Waals surface area contributed by atoms with Crippen LogP contribution in [0.4, 0.5) is 0 Å². The van der Waals surface area contributed by atoms with Crippen molar-refractivity contribution < 1.29 is 0 Å². The fourth-order valence-corrected chi connectivity index (χ4v) is 3.39. The molecule has 0 radical (unpaired) electrons. The van der Waals surface area contributed by atoms with Gasteiger partial charge >= 0.3 is 0 Å². The second-order valence-corrected chi connectivity index (χ2v) is 5.68. The zero-order valence-corrected chi connectivity index (χ0v) is 13.3. The average molecular weight is 344 g/mol. The normalized spacial score (nSPS) is 14.0. The van der Waals surface area contributed by atoms with Gasteiger partial charge in [0.25, 0.3) is 0 Å². The van der Waals surface area contributed by atoms with Crippen LogP contribution in [0.5, 0.6) is 0 Å². The van der Waals surface area contributed by atoms with E-state index < -0.39 is 0 Å². The van der Waals surface area contributed by atoms with Gasteiger partial charge < -0.3 is 9.88 Å². The highest BCUT2D eigenvalue weighted by molar-refractivity contribution is 6.45. The topological polar surface area (TPSA) is 45.6 Å². The number of rotatable bonds is 1. The molecule has 3 heterocycles. The second-order valence-electron chi connectivity index (χ2n) is 4.89. The molecule has 3 aromatic rings. The first-order chi connectivity index (χ1) is 9.77. The molecule has 0 atom stereocenters. The Balaban J connectivity index is 0.00000132. The highest BCUT2D eigenvalue weighted by Crippen LogP contribution is 2.41. The van der Waals surface area contributed by atoms with Crippen molar-refractivity contribution in [1.82, 2.24) is 20.1 Å². The lowest BCUT2D eigenvalue weighted by molar-refractivity contribution is 0.528. The molecular weight excluding hydrogens is 331 g/mol. The van der Waals surface area contributed by atoms with Gasteiger partial charge in [0.15, 0.2) is 0 Å². The van der Waals surface area contributed by atoms with Gasteiger partial charge in [0.05, 0.1) is 21.8 Å². The van der Waals surface area contributed by atoms with Crippen LogP contribution in [0, 0.1) is 0 Å². The molecule has 1 aliphatic rings. The van der Waals surface area contributed by atoms with Crippen LogP contribution >= 0.6 is 35.6 Å². The summed E-state index contributed by atoms with van der Waals surface area (Å²) < 4.78 is 2.27. The van der Waals surface area contributed by atoms with Crippen LogP contribution in [0.1, 0.15) is 5.69 Å². The average Bonchev–Trinajstić information content (AvgIpc) is 3.08. The molecule has 4 nitrogen and oxygen atoms in total. The van der Waals surface area contributed by atoms with Crippen LogP contribution in [0.25, 0.3) is 22.0 Å². The summed E-state index contributed by atoms with van der Waals surface area (Å²) in [6.07, 6.45) is 3.75. The minimum atomic E-state index is 0. The number of fused-ring (bicyclic) bond motifs is 3. The number of aromatic amines is 1. The van der Waals surface area contributed by atoms with Crippen molar-refractivity contribution in [3.63, 3.8) is 0 Å². The van der Waals surface area contributed by atoms with Crippen molar-refractivity contribution in [2.24, 2.45) is 0 Å². The number of hydrogen-bond acceptors (Lipinski definition) is 2. The molecule has 1 aromatic carbocycles. The zero-order chi connectivity index (χ0) is 13.7. The van der Waals surface area contributed by atoms with Crippen LogP contribution < -0.4 is 5.32 Å². The quantitative estimate of drug-likeness (QED) is 0.704. The van der Waals surface area contributed by atoms with E-state index in [2.05, 4.69) is 20.1 Å². The number of benzene rings is 1. The molecule has 0 spiro atoms. The fourth-order valence-electron chi connectivity index (χ4n) is 2.97. The first-order valence-corrected chi connectivity index (χ1v) is 7.22. The van der Waals surface area contributed by atoms with Crippen molar-refractivity contribution in [3.8, 4) is 11.1 Å². The van der Waals surface area contributed by atoms with Gasteiger partial charge in [-0.3, -0.25) is 5.10 Å². The summed E-state index contributed by atoms with van der Waals surface area (Å²) in [6, 6.07) is 3.90. The van der Waals surface area contributed by atoms with Crippen molar-refractivity contribution in [2.45, 2.75) is 13.1 Å². The van der Waals surface area contributed by atoms with Gasteiger partial charge in [-0.15, -0.1) is 12.4 Å². The van der Waals surface area contributed by atoms with Gasteiger partial charge in [0.1, 0.15) is 0 Å². The van der Waals surface area contributed by atoms with Crippen molar-refractivity contribution in [3.05, 3.63) is 40.3 Å². The molecule has 0 amide bonds. The first-order valence-electron chi connectivity index (χ1n) is 6.46. The molecule has 7 heteroatoms. The maximum Gasteiger partial charge on any atom is 0.0835 e. The number of nitrogens with zero attached hydrogens (tertiary/aromatic N) is 2. The van der Waals surface area contributed by atoms with E-state index in [0.717, 1.165) is 36.1 Å².